The zero-order valence-electron chi connectivity index (χ0n) is 9.84. The van der Waals surface area contributed by atoms with E-state index >= 15 is 0 Å². The van der Waals surface area contributed by atoms with Crippen LogP contribution < -0.4 is 9.47 Å². The highest BCUT2D eigenvalue weighted by Crippen LogP contribution is 2.28. The van der Waals surface area contributed by atoms with Gasteiger partial charge in [0.2, 0.25) is 5.88 Å². The number of hydrogen-bond donors (Lipinski definition) is 1. The summed E-state index contributed by atoms with van der Waals surface area (Å²) in [4.78, 5) is 0. The van der Waals surface area contributed by atoms with Gasteiger partial charge in [-0.05, 0) is 31.9 Å². The van der Waals surface area contributed by atoms with Crippen molar-refractivity contribution in [2.45, 2.75) is 13.5 Å². The SMILES string of the molecule is CCOc1cccc(Br)c1COc1ccn(S)n1. The van der Waals surface area contributed by atoms with Gasteiger partial charge in [-0.2, -0.15) is 0 Å². The van der Waals surface area contributed by atoms with Gasteiger partial charge in [0.1, 0.15) is 12.4 Å². The monoisotopic (exact) mass is 328 g/mol. The molecule has 0 aliphatic heterocycles. The van der Waals surface area contributed by atoms with Gasteiger partial charge in [0.15, 0.2) is 0 Å². The molecule has 18 heavy (non-hydrogen) atoms. The van der Waals surface area contributed by atoms with Crippen molar-refractivity contribution in [1.29, 1.82) is 0 Å². The van der Waals surface area contributed by atoms with Crippen molar-refractivity contribution in [2.24, 2.45) is 0 Å². The first kappa shape index (κ1) is 13.3. The number of benzene rings is 1. The highest BCUT2D eigenvalue weighted by molar-refractivity contribution is 9.10. The number of halogens is 1. The Bertz CT molecular complexity index is 531. The smallest absolute Gasteiger partial charge is 0.234 e. The molecule has 0 bridgehead atoms. The fraction of sp³-hybridized carbons (Fsp3) is 0.250. The van der Waals surface area contributed by atoms with Gasteiger partial charge in [-0.1, -0.05) is 22.0 Å². The molecule has 0 N–H and O–H groups in total. The van der Waals surface area contributed by atoms with Gasteiger partial charge in [-0.3, -0.25) is 0 Å². The molecule has 2 aromatic rings. The summed E-state index contributed by atoms with van der Waals surface area (Å²) in [5, 5.41) is 4.03. The number of nitrogens with zero attached hydrogens (tertiary/aromatic N) is 2. The van der Waals surface area contributed by atoms with Gasteiger partial charge in [0.25, 0.3) is 0 Å². The Morgan fingerprint density at radius 2 is 2.17 bits per heavy atom. The van der Waals surface area contributed by atoms with Crippen LogP contribution in [0.5, 0.6) is 11.6 Å². The average molecular weight is 329 g/mol. The second-order valence-corrected chi connectivity index (χ2v) is 4.78. The van der Waals surface area contributed by atoms with E-state index in [1.165, 1.54) is 4.09 Å². The van der Waals surface area contributed by atoms with Crippen LogP contribution in [0.3, 0.4) is 0 Å². The molecular formula is C12H13BrN2O2S. The summed E-state index contributed by atoms with van der Waals surface area (Å²) < 4.78 is 13.5. The molecule has 0 spiro atoms. The number of rotatable bonds is 5. The van der Waals surface area contributed by atoms with E-state index in [1.54, 1.807) is 12.3 Å². The Morgan fingerprint density at radius 3 is 2.83 bits per heavy atom. The van der Waals surface area contributed by atoms with Crippen LogP contribution in [-0.4, -0.2) is 15.8 Å². The van der Waals surface area contributed by atoms with Gasteiger partial charge >= 0.3 is 0 Å². The summed E-state index contributed by atoms with van der Waals surface area (Å²) >= 11 is 7.55. The van der Waals surface area contributed by atoms with Crippen molar-refractivity contribution in [3.05, 3.63) is 40.5 Å². The maximum atomic E-state index is 5.59. The molecule has 1 heterocycles. The van der Waals surface area contributed by atoms with E-state index in [-0.39, 0.29) is 0 Å². The Morgan fingerprint density at radius 1 is 1.33 bits per heavy atom. The number of thiol groups is 1. The quantitative estimate of drug-likeness (QED) is 0.855. The third kappa shape index (κ3) is 3.20. The lowest BCUT2D eigenvalue weighted by Crippen LogP contribution is -2.02. The first-order valence-corrected chi connectivity index (χ1v) is 6.68. The topological polar surface area (TPSA) is 36.3 Å². The van der Waals surface area contributed by atoms with Crippen molar-refractivity contribution in [1.82, 2.24) is 9.19 Å². The molecule has 6 heteroatoms. The molecule has 4 nitrogen and oxygen atoms in total. The second-order valence-electron chi connectivity index (χ2n) is 3.51. The molecule has 0 fully saturated rings. The lowest BCUT2D eigenvalue weighted by molar-refractivity contribution is 0.276. The van der Waals surface area contributed by atoms with Crippen LogP contribution >= 0.6 is 28.7 Å². The van der Waals surface area contributed by atoms with Crippen LogP contribution in [0, 0.1) is 0 Å². The van der Waals surface area contributed by atoms with Crippen LogP contribution in [0.4, 0.5) is 0 Å². The van der Waals surface area contributed by atoms with E-state index in [0.717, 1.165) is 15.8 Å². The molecule has 0 amide bonds. The Balaban J connectivity index is 2.12. The molecule has 0 aliphatic carbocycles. The van der Waals surface area contributed by atoms with Crippen molar-refractivity contribution in [3.8, 4) is 11.6 Å². The summed E-state index contributed by atoms with van der Waals surface area (Å²) in [5.74, 6) is 1.35. The Hall–Kier alpha value is -1.14. The molecule has 1 aromatic heterocycles. The van der Waals surface area contributed by atoms with Gasteiger partial charge in [-0.25, -0.2) is 4.09 Å². The van der Waals surface area contributed by atoms with Crippen molar-refractivity contribution < 1.29 is 9.47 Å². The summed E-state index contributed by atoms with van der Waals surface area (Å²) in [6.45, 7) is 2.96. The molecule has 0 atom stereocenters. The minimum atomic E-state index is 0.390. The molecule has 0 aliphatic rings. The minimum absolute atomic E-state index is 0.390. The summed E-state index contributed by atoms with van der Waals surface area (Å²) in [6.07, 6.45) is 1.71. The lowest BCUT2D eigenvalue weighted by Gasteiger charge is -2.11. The molecule has 96 valence electrons. The molecule has 2 rings (SSSR count). The van der Waals surface area contributed by atoms with Gasteiger partial charge < -0.3 is 9.47 Å². The normalized spacial score (nSPS) is 10.4. The van der Waals surface area contributed by atoms with E-state index in [2.05, 4.69) is 33.8 Å². The van der Waals surface area contributed by atoms with Crippen LogP contribution in [-0.2, 0) is 6.61 Å². The van der Waals surface area contributed by atoms with E-state index in [9.17, 15) is 0 Å². The molecule has 0 saturated heterocycles. The van der Waals surface area contributed by atoms with E-state index in [0.29, 0.717) is 19.1 Å². The predicted octanol–water partition coefficient (Wildman–Crippen LogP) is 3.32. The number of hydrogen-bond acceptors (Lipinski definition) is 4. The molecule has 0 unspecified atom stereocenters. The second kappa shape index (κ2) is 6.15. The maximum Gasteiger partial charge on any atom is 0.234 e. The van der Waals surface area contributed by atoms with Crippen molar-refractivity contribution in [3.63, 3.8) is 0 Å². The maximum absolute atomic E-state index is 5.59. The first-order valence-electron chi connectivity index (χ1n) is 5.48. The largest absolute Gasteiger partial charge is 0.493 e. The standard InChI is InChI=1S/C12H13BrN2O2S/c1-2-16-11-5-3-4-10(13)9(11)8-17-12-6-7-15(18)14-12/h3-7,18H,2,8H2,1H3. The van der Waals surface area contributed by atoms with Gasteiger partial charge in [-0.15, -0.1) is 5.10 Å². The summed E-state index contributed by atoms with van der Waals surface area (Å²) in [7, 11) is 0. The van der Waals surface area contributed by atoms with Crippen LogP contribution in [0.1, 0.15) is 12.5 Å². The summed E-state index contributed by atoms with van der Waals surface area (Å²) in [5.41, 5.74) is 0.966. The zero-order chi connectivity index (χ0) is 13.0. The predicted molar refractivity (Wildman–Crippen MR) is 76.3 cm³/mol. The third-order valence-electron chi connectivity index (χ3n) is 2.29. The average Bonchev–Trinajstić information content (AvgIpc) is 2.75. The third-order valence-corrected chi connectivity index (χ3v) is 3.26. The molecule has 0 radical (unpaired) electrons. The highest BCUT2D eigenvalue weighted by atomic mass is 79.9. The van der Waals surface area contributed by atoms with Crippen LogP contribution in [0.2, 0.25) is 0 Å². The van der Waals surface area contributed by atoms with E-state index < -0.39 is 0 Å². The molecule has 1 aromatic carbocycles. The highest BCUT2D eigenvalue weighted by Gasteiger charge is 2.09. The number of ether oxygens (including phenoxy) is 2. The van der Waals surface area contributed by atoms with E-state index in [4.69, 9.17) is 9.47 Å². The first-order chi connectivity index (χ1) is 8.70. The zero-order valence-corrected chi connectivity index (χ0v) is 12.3. The summed E-state index contributed by atoms with van der Waals surface area (Å²) in [6, 6.07) is 7.56. The van der Waals surface area contributed by atoms with E-state index in [1.807, 2.05) is 25.1 Å². The Kier molecular flexibility index (Phi) is 4.54. The fourth-order valence-electron chi connectivity index (χ4n) is 1.49. The van der Waals surface area contributed by atoms with Crippen molar-refractivity contribution >= 4 is 28.7 Å². The van der Waals surface area contributed by atoms with Crippen molar-refractivity contribution in [2.75, 3.05) is 6.61 Å². The Labute approximate surface area is 120 Å². The molecule has 0 saturated carbocycles. The van der Waals surface area contributed by atoms with Gasteiger partial charge in [0.05, 0.1) is 6.61 Å². The minimum Gasteiger partial charge on any atom is -0.493 e. The molecular weight excluding hydrogens is 316 g/mol. The fourth-order valence-corrected chi connectivity index (χ4v) is 2.11. The lowest BCUT2D eigenvalue weighted by atomic mass is 10.2. The van der Waals surface area contributed by atoms with Gasteiger partial charge in [0, 0.05) is 22.3 Å². The van der Waals surface area contributed by atoms with Crippen LogP contribution in [0.15, 0.2) is 34.9 Å². The van der Waals surface area contributed by atoms with Crippen LogP contribution in [0.25, 0.3) is 0 Å². The number of aromatic nitrogens is 2.